The van der Waals surface area contributed by atoms with Crippen LogP contribution in [0.1, 0.15) is 45.7 Å². The lowest BCUT2D eigenvalue weighted by molar-refractivity contribution is 0.0985. The lowest BCUT2D eigenvalue weighted by atomic mass is 10.1. The van der Waals surface area contributed by atoms with Crippen molar-refractivity contribution in [3.8, 4) is 0 Å². The van der Waals surface area contributed by atoms with E-state index in [4.69, 9.17) is 4.42 Å². The maximum absolute atomic E-state index is 13.2. The average molecular weight is 480 g/mol. The number of nitrogens with zero attached hydrogens (tertiary/aromatic N) is 2. The van der Waals surface area contributed by atoms with E-state index in [-0.39, 0.29) is 17.6 Å². The number of anilines is 2. The van der Waals surface area contributed by atoms with Gasteiger partial charge in [0, 0.05) is 36.6 Å². The molecular weight excluding hydrogens is 454 g/mol. The number of piperidine rings is 1. The van der Waals surface area contributed by atoms with Gasteiger partial charge in [-0.05, 0) is 79.4 Å². The quantitative estimate of drug-likeness (QED) is 0.598. The number of hydrogen-bond acceptors (Lipinski definition) is 5. The van der Waals surface area contributed by atoms with Crippen LogP contribution in [0, 0.1) is 0 Å². The SMILES string of the molecule is O=C(Nc1ccc(C(=O)N2CCc3cc(S(=O)(=O)N4CCCCC4)ccc32)cc1)c1ccco1. The molecule has 1 N–H and O–H groups in total. The third-order valence-corrected chi connectivity index (χ3v) is 8.17. The van der Waals surface area contributed by atoms with E-state index in [1.807, 2.05) is 0 Å². The van der Waals surface area contributed by atoms with E-state index >= 15 is 0 Å². The van der Waals surface area contributed by atoms with Gasteiger partial charge in [-0.15, -0.1) is 0 Å². The molecule has 0 aliphatic carbocycles. The fourth-order valence-corrected chi connectivity index (χ4v) is 6.02. The van der Waals surface area contributed by atoms with Gasteiger partial charge in [0.25, 0.3) is 11.8 Å². The molecule has 3 aromatic rings. The summed E-state index contributed by atoms with van der Waals surface area (Å²) in [7, 11) is -3.52. The number of benzene rings is 2. The highest BCUT2D eigenvalue weighted by atomic mass is 32.2. The van der Waals surface area contributed by atoms with Crippen LogP contribution in [0.15, 0.2) is 70.2 Å². The molecule has 176 valence electrons. The topological polar surface area (TPSA) is 99.9 Å². The zero-order valence-electron chi connectivity index (χ0n) is 18.6. The van der Waals surface area contributed by atoms with Crippen molar-refractivity contribution in [3.05, 3.63) is 77.7 Å². The van der Waals surface area contributed by atoms with Gasteiger partial charge in [0.05, 0.1) is 11.2 Å². The first-order valence-corrected chi connectivity index (χ1v) is 12.8. The maximum Gasteiger partial charge on any atom is 0.291 e. The minimum atomic E-state index is -3.52. The van der Waals surface area contributed by atoms with Crippen LogP contribution in [-0.4, -0.2) is 44.2 Å². The predicted octanol–water partition coefficient (Wildman–Crippen LogP) is 3.91. The zero-order valence-corrected chi connectivity index (χ0v) is 19.4. The Kier molecular flexibility index (Phi) is 5.97. The number of hydrogen-bond donors (Lipinski definition) is 1. The number of sulfonamides is 1. The summed E-state index contributed by atoms with van der Waals surface area (Å²) in [4.78, 5) is 27.2. The van der Waals surface area contributed by atoms with Gasteiger partial charge in [0.2, 0.25) is 10.0 Å². The number of amides is 2. The normalized spacial score (nSPS) is 16.3. The molecule has 1 aromatic heterocycles. The van der Waals surface area contributed by atoms with Gasteiger partial charge in [-0.2, -0.15) is 4.31 Å². The second-order valence-electron chi connectivity index (χ2n) is 8.47. The largest absolute Gasteiger partial charge is 0.459 e. The van der Waals surface area contributed by atoms with E-state index in [1.165, 1.54) is 6.26 Å². The Morgan fingerprint density at radius 2 is 1.68 bits per heavy atom. The van der Waals surface area contributed by atoms with Crippen molar-refractivity contribution < 1.29 is 22.4 Å². The van der Waals surface area contributed by atoms with Crippen LogP contribution in [0.5, 0.6) is 0 Å². The summed E-state index contributed by atoms with van der Waals surface area (Å²) in [5.74, 6) is -0.336. The number of rotatable bonds is 5. The predicted molar refractivity (Wildman–Crippen MR) is 128 cm³/mol. The number of fused-ring (bicyclic) bond motifs is 1. The Bertz CT molecular complexity index is 1310. The molecule has 0 atom stereocenters. The summed E-state index contributed by atoms with van der Waals surface area (Å²) in [6.07, 6.45) is 4.86. The second-order valence-corrected chi connectivity index (χ2v) is 10.4. The van der Waals surface area contributed by atoms with Gasteiger partial charge in [0.15, 0.2) is 5.76 Å². The summed E-state index contributed by atoms with van der Waals surface area (Å²) in [5, 5.41) is 2.72. The lowest BCUT2D eigenvalue weighted by Gasteiger charge is -2.26. The summed E-state index contributed by atoms with van der Waals surface area (Å²) < 4.78 is 32.7. The molecule has 2 amide bonds. The van der Waals surface area contributed by atoms with Crippen LogP contribution in [0.3, 0.4) is 0 Å². The molecule has 8 nitrogen and oxygen atoms in total. The Morgan fingerprint density at radius 1 is 0.912 bits per heavy atom. The van der Waals surface area contributed by atoms with Gasteiger partial charge in [-0.3, -0.25) is 9.59 Å². The van der Waals surface area contributed by atoms with Gasteiger partial charge in [0.1, 0.15) is 0 Å². The smallest absolute Gasteiger partial charge is 0.291 e. The molecule has 1 saturated heterocycles. The van der Waals surface area contributed by atoms with Crippen LogP contribution in [0.2, 0.25) is 0 Å². The first kappa shape index (κ1) is 22.4. The van der Waals surface area contributed by atoms with Gasteiger partial charge >= 0.3 is 0 Å². The maximum atomic E-state index is 13.2. The first-order chi connectivity index (χ1) is 16.4. The highest BCUT2D eigenvalue weighted by Crippen LogP contribution is 2.33. The second kappa shape index (κ2) is 9.08. The number of nitrogens with one attached hydrogen (secondary N) is 1. The van der Waals surface area contributed by atoms with Crippen LogP contribution in [-0.2, 0) is 16.4 Å². The van der Waals surface area contributed by atoms with Crippen LogP contribution >= 0.6 is 0 Å². The molecule has 0 saturated carbocycles. The third-order valence-electron chi connectivity index (χ3n) is 6.28. The molecule has 0 radical (unpaired) electrons. The minimum Gasteiger partial charge on any atom is -0.459 e. The van der Waals surface area contributed by atoms with Gasteiger partial charge in [-0.25, -0.2) is 8.42 Å². The molecule has 0 bridgehead atoms. The summed E-state index contributed by atoms with van der Waals surface area (Å²) in [5.41, 5.74) is 2.62. The monoisotopic (exact) mass is 479 g/mol. The first-order valence-electron chi connectivity index (χ1n) is 11.3. The van der Waals surface area contributed by atoms with Crippen molar-refractivity contribution in [2.75, 3.05) is 29.9 Å². The molecule has 34 heavy (non-hydrogen) atoms. The van der Waals surface area contributed by atoms with Gasteiger partial charge in [-0.1, -0.05) is 6.42 Å². The number of furan rings is 1. The van der Waals surface area contributed by atoms with Crippen LogP contribution < -0.4 is 10.2 Å². The molecule has 5 rings (SSSR count). The van der Waals surface area contributed by atoms with Crippen molar-refractivity contribution in [2.45, 2.75) is 30.6 Å². The van der Waals surface area contributed by atoms with E-state index in [1.54, 1.807) is 63.8 Å². The van der Waals surface area contributed by atoms with Crippen molar-refractivity contribution in [1.82, 2.24) is 4.31 Å². The molecule has 2 aliphatic rings. The zero-order chi connectivity index (χ0) is 23.7. The fourth-order valence-electron chi connectivity index (χ4n) is 4.46. The van der Waals surface area contributed by atoms with Crippen LogP contribution in [0.25, 0.3) is 0 Å². The fraction of sp³-hybridized carbons (Fsp3) is 0.280. The van der Waals surface area contributed by atoms with E-state index in [9.17, 15) is 18.0 Å². The van der Waals surface area contributed by atoms with Crippen molar-refractivity contribution in [1.29, 1.82) is 0 Å². The summed E-state index contributed by atoms with van der Waals surface area (Å²) >= 11 is 0. The van der Waals surface area contributed by atoms with Crippen molar-refractivity contribution in [2.24, 2.45) is 0 Å². The summed E-state index contributed by atoms with van der Waals surface area (Å²) in [6.45, 7) is 1.60. The molecule has 0 unspecified atom stereocenters. The molecule has 1 fully saturated rings. The molecule has 3 heterocycles. The number of carbonyl (C=O) groups is 2. The van der Waals surface area contributed by atoms with E-state index < -0.39 is 10.0 Å². The van der Waals surface area contributed by atoms with Crippen molar-refractivity contribution >= 4 is 33.2 Å². The minimum absolute atomic E-state index is 0.172. The standard InChI is InChI=1S/C25H25N3O5S/c29-24(23-5-4-16-33-23)26-20-8-6-18(7-9-20)25(30)28-15-12-19-17-21(10-11-22(19)28)34(31,32)27-13-2-1-3-14-27/h4-11,16-17H,1-3,12-15H2,(H,26,29). The van der Waals surface area contributed by atoms with Crippen molar-refractivity contribution in [3.63, 3.8) is 0 Å². The average Bonchev–Trinajstić information content (AvgIpc) is 3.55. The molecule has 0 spiro atoms. The Hall–Kier alpha value is -3.43. The summed E-state index contributed by atoms with van der Waals surface area (Å²) in [6, 6.07) is 14.9. The highest BCUT2D eigenvalue weighted by molar-refractivity contribution is 7.89. The number of carbonyl (C=O) groups excluding carboxylic acids is 2. The van der Waals surface area contributed by atoms with Crippen LogP contribution in [0.4, 0.5) is 11.4 Å². The van der Waals surface area contributed by atoms with E-state index in [2.05, 4.69) is 5.32 Å². The van der Waals surface area contributed by atoms with Gasteiger partial charge < -0.3 is 14.6 Å². The molecule has 9 heteroatoms. The Labute approximate surface area is 198 Å². The van der Waals surface area contributed by atoms with E-state index in [0.717, 1.165) is 30.5 Å². The Morgan fingerprint density at radius 3 is 2.38 bits per heavy atom. The highest BCUT2D eigenvalue weighted by Gasteiger charge is 2.30. The molecular formula is C25H25N3O5S. The van der Waals surface area contributed by atoms with E-state index in [0.29, 0.717) is 42.2 Å². The molecule has 2 aromatic carbocycles. The Balaban J connectivity index is 1.30. The molecule has 2 aliphatic heterocycles. The lowest BCUT2D eigenvalue weighted by Crippen LogP contribution is -2.35. The third kappa shape index (κ3) is 4.24.